The van der Waals surface area contributed by atoms with Crippen LogP contribution in [0.2, 0.25) is 10.0 Å². The number of benzene rings is 2. The Bertz CT molecular complexity index is 1140. The van der Waals surface area contributed by atoms with Crippen molar-refractivity contribution in [2.24, 2.45) is 0 Å². The van der Waals surface area contributed by atoms with Crippen molar-refractivity contribution in [1.29, 1.82) is 0 Å². The number of halogens is 2. The van der Waals surface area contributed by atoms with Gasteiger partial charge in [0.2, 0.25) is 0 Å². The molecule has 2 fully saturated rings. The standard InChI is InChI=1S/C28H35Cl2N3O5/c1-27(2)25(34)33(26(35)31-27)14-4-16-37-21-7-5-20(6-8-21)18-32-13-3-11-28(36,12-15-32)19-38-22-9-10-23(29)24(30)17-22/h5-10,17,36H,3-4,11-16,18-19H2,1-2H3,(H,31,35). The van der Waals surface area contributed by atoms with E-state index in [1.807, 2.05) is 24.3 Å². The third kappa shape index (κ3) is 7.32. The molecule has 38 heavy (non-hydrogen) atoms. The van der Waals surface area contributed by atoms with E-state index in [2.05, 4.69) is 10.2 Å². The third-order valence-corrected chi connectivity index (χ3v) is 7.72. The molecule has 206 valence electrons. The van der Waals surface area contributed by atoms with Gasteiger partial charge in [0, 0.05) is 25.7 Å². The van der Waals surface area contributed by atoms with Crippen molar-refractivity contribution < 1.29 is 24.2 Å². The first-order valence-electron chi connectivity index (χ1n) is 12.9. The molecule has 1 unspecified atom stereocenters. The van der Waals surface area contributed by atoms with Crippen molar-refractivity contribution in [3.8, 4) is 11.5 Å². The predicted octanol–water partition coefficient (Wildman–Crippen LogP) is 4.89. The minimum Gasteiger partial charge on any atom is -0.494 e. The molecule has 2 N–H and O–H groups in total. The van der Waals surface area contributed by atoms with Gasteiger partial charge in [-0.3, -0.25) is 14.6 Å². The maximum atomic E-state index is 12.2. The number of hydrogen-bond donors (Lipinski definition) is 2. The van der Waals surface area contributed by atoms with Crippen LogP contribution in [0.25, 0.3) is 0 Å². The summed E-state index contributed by atoms with van der Waals surface area (Å²) in [5.74, 6) is 1.13. The molecule has 0 aromatic heterocycles. The summed E-state index contributed by atoms with van der Waals surface area (Å²) in [7, 11) is 0. The number of carbonyl (C=O) groups is 2. The Morgan fingerprint density at radius 2 is 1.71 bits per heavy atom. The number of hydrogen-bond acceptors (Lipinski definition) is 6. The second-order valence-electron chi connectivity index (χ2n) is 10.6. The quantitative estimate of drug-likeness (QED) is 0.316. The van der Waals surface area contributed by atoms with Crippen LogP contribution in [0.5, 0.6) is 11.5 Å². The van der Waals surface area contributed by atoms with Gasteiger partial charge in [-0.15, -0.1) is 0 Å². The second-order valence-corrected chi connectivity index (χ2v) is 11.4. The van der Waals surface area contributed by atoms with Gasteiger partial charge in [0.25, 0.3) is 5.91 Å². The summed E-state index contributed by atoms with van der Waals surface area (Å²) in [4.78, 5) is 27.8. The molecule has 3 amide bonds. The van der Waals surface area contributed by atoms with Gasteiger partial charge in [-0.25, -0.2) is 4.79 Å². The van der Waals surface area contributed by atoms with Crippen LogP contribution in [0.1, 0.15) is 45.1 Å². The lowest BCUT2D eigenvalue weighted by molar-refractivity contribution is -0.130. The summed E-state index contributed by atoms with van der Waals surface area (Å²) in [5.41, 5.74) is -0.578. The van der Waals surface area contributed by atoms with E-state index in [9.17, 15) is 14.7 Å². The second kappa shape index (κ2) is 12.1. The number of aliphatic hydroxyl groups is 1. The van der Waals surface area contributed by atoms with E-state index in [0.29, 0.717) is 48.2 Å². The fourth-order valence-corrected chi connectivity index (χ4v) is 4.99. The molecule has 2 heterocycles. The molecule has 2 aliphatic rings. The number of carbonyl (C=O) groups excluding carboxylic acids is 2. The van der Waals surface area contributed by atoms with Crippen molar-refractivity contribution in [3.63, 3.8) is 0 Å². The SMILES string of the molecule is CC1(C)NC(=O)N(CCCOc2ccc(CN3CCCC(O)(COc4ccc(Cl)c(Cl)c4)CC3)cc2)C1=O. The fraction of sp³-hybridized carbons (Fsp3) is 0.500. The van der Waals surface area contributed by atoms with Crippen molar-refractivity contribution in [1.82, 2.24) is 15.1 Å². The van der Waals surface area contributed by atoms with Crippen LogP contribution in [0, 0.1) is 0 Å². The van der Waals surface area contributed by atoms with Crippen molar-refractivity contribution >= 4 is 35.1 Å². The highest BCUT2D eigenvalue weighted by Gasteiger charge is 2.43. The van der Waals surface area contributed by atoms with Gasteiger partial charge in [-0.2, -0.15) is 0 Å². The minimum absolute atomic E-state index is 0.208. The number of amides is 3. The summed E-state index contributed by atoms with van der Waals surface area (Å²) >= 11 is 12.0. The van der Waals surface area contributed by atoms with Gasteiger partial charge in [0.1, 0.15) is 23.6 Å². The van der Waals surface area contributed by atoms with E-state index in [-0.39, 0.29) is 18.5 Å². The van der Waals surface area contributed by atoms with Crippen molar-refractivity contribution in [2.45, 2.75) is 57.2 Å². The topological polar surface area (TPSA) is 91.3 Å². The number of likely N-dealkylation sites (tertiary alicyclic amines) is 1. The van der Waals surface area contributed by atoms with Crippen LogP contribution in [0.15, 0.2) is 42.5 Å². The van der Waals surface area contributed by atoms with Crippen LogP contribution < -0.4 is 14.8 Å². The number of nitrogens with one attached hydrogen (secondary N) is 1. The minimum atomic E-state index is -0.894. The third-order valence-electron chi connectivity index (χ3n) is 6.98. The highest BCUT2D eigenvalue weighted by atomic mass is 35.5. The molecule has 2 aliphatic heterocycles. The first-order valence-corrected chi connectivity index (χ1v) is 13.7. The summed E-state index contributed by atoms with van der Waals surface area (Å²) < 4.78 is 11.6. The average Bonchev–Trinajstić information content (AvgIpc) is 2.98. The number of ether oxygens (including phenoxy) is 2. The largest absolute Gasteiger partial charge is 0.494 e. The Labute approximate surface area is 233 Å². The van der Waals surface area contributed by atoms with Crippen LogP contribution in [-0.4, -0.2) is 70.8 Å². The van der Waals surface area contributed by atoms with Gasteiger partial charge in [0.15, 0.2) is 0 Å². The fourth-order valence-electron chi connectivity index (χ4n) is 4.70. The molecule has 0 radical (unpaired) electrons. The molecule has 2 aromatic rings. The maximum Gasteiger partial charge on any atom is 0.325 e. The molecule has 0 aliphatic carbocycles. The zero-order valence-corrected chi connectivity index (χ0v) is 23.4. The average molecular weight is 565 g/mol. The van der Waals surface area contributed by atoms with Gasteiger partial charge in [-0.1, -0.05) is 35.3 Å². The first kappa shape index (κ1) is 28.5. The summed E-state index contributed by atoms with van der Waals surface area (Å²) in [6, 6.07) is 12.7. The normalized spacial score (nSPS) is 21.8. The van der Waals surface area contributed by atoms with E-state index in [4.69, 9.17) is 32.7 Å². The van der Waals surface area contributed by atoms with Gasteiger partial charge < -0.3 is 19.9 Å². The summed E-state index contributed by atoms with van der Waals surface area (Å²) in [6.45, 7) is 6.78. The van der Waals surface area contributed by atoms with Gasteiger partial charge >= 0.3 is 6.03 Å². The lowest BCUT2D eigenvalue weighted by Crippen LogP contribution is -2.40. The molecule has 8 nitrogen and oxygen atoms in total. The van der Waals surface area contributed by atoms with Crippen molar-refractivity contribution in [3.05, 3.63) is 58.1 Å². The lowest BCUT2D eigenvalue weighted by atomic mass is 9.96. The number of urea groups is 1. The van der Waals surface area contributed by atoms with E-state index in [1.165, 1.54) is 4.90 Å². The maximum absolute atomic E-state index is 12.2. The molecule has 0 spiro atoms. The monoisotopic (exact) mass is 563 g/mol. The molecule has 10 heteroatoms. The van der Waals surface area contributed by atoms with Crippen LogP contribution in [0.3, 0.4) is 0 Å². The van der Waals surface area contributed by atoms with Crippen LogP contribution in [-0.2, 0) is 11.3 Å². The Morgan fingerprint density at radius 1 is 0.974 bits per heavy atom. The molecular weight excluding hydrogens is 529 g/mol. The Balaban J connectivity index is 1.19. The Hall–Kier alpha value is -2.52. The molecular formula is C28H35Cl2N3O5. The molecule has 1 atom stereocenters. The molecule has 0 bridgehead atoms. The van der Waals surface area contributed by atoms with Crippen LogP contribution >= 0.6 is 23.2 Å². The van der Waals surface area contributed by atoms with E-state index in [0.717, 1.165) is 37.4 Å². The molecule has 2 saturated heterocycles. The van der Waals surface area contributed by atoms with Gasteiger partial charge in [-0.05, 0) is 75.9 Å². The lowest BCUT2D eigenvalue weighted by Gasteiger charge is -2.27. The van der Waals surface area contributed by atoms with E-state index < -0.39 is 11.1 Å². The summed E-state index contributed by atoms with van der Waals surface area (Å²) in [6.07, 6.45) is 2.71. The zero-order chi connectivity index (χ0) is 27.3. The summed E-state index contributed by atoms with van der Waals surface area (Å²) in [5, 5.41) is 14.7. The highest BCUT2D eigenvalue weighted by molar-refractivity contribution is 6.42. The first-order chi connectivity index (χ1) is 18.0. The zero-order valence-electron chi connectivity index (χ0n) is 21.8. The number of nitrogens with zero attached hydrogens (tertiary/aromatic N) is 2. The number of rotatable bonds is 10. The van der Waals surface area contributed by atoms with E-state index in [1.54, 1.807) is 32.0 Å². The Kier molecular flexibility index (Phi) is 9.08. The molecule has 0 saturated carbocycles. The van der Waals surface area contributed by atoms with Gasteiger partial charge in [0.05, 0.1) is 22.3 Å². The van der Waals surface area contributed by atoms with Crippen molar-refractivity contribution in [2.75, 3.05) is 32.8 Å². The number of imide groups is 1. The van der Waals surface area contributed by atoms with E-state index >= 15 is 0 Å². The van der Waals surface area contributed by atoms with Crippen LogP contribution in [0.4, 0.5) is 4.79 Å². The highest BCUT2D eigenvalue weighted by Crippen LogP contribution is 2.29. The Morgan fingerprint density at radius 3 is 2.39 bits per heavy atom. The smallest absolute Gasteiger partial charge is 0.325 e. The molecule has 4 rings (SSSR count). The molecule has 2 aromatic carbocycles. The predicted molar refractivity (Wildman–Crippen MR) is 147 cm³/mol.